The average molecular weight is 458 g/mol. The predicted molar refractivity (Wildman–Crippen MR) is 117 cm³/mol. The molecule has 0 radical (unpaired) electrons. The number of H-pyrrole nitrogens is 1. The molecule has 3 amide bonds. The first kappa shape index (κ1) is 22.7. The molecular weight excluding hydrogens is 432 g/mol. The minimum atomic E-state index is -0.428. The molecule has 1 aromatic heterocycles. The largest absolute Gasteiger partial charge is 0.378 e. The SMILES string of the molecule is CN1N=C(C(=O)N2CCOCC2)C(=CC=Cc2c(C(=O)N3CCOCC3)[nH]n(C)c2=O)C1=O. The molecule has 0 aromatic carbocycles. The number of carbonyl (C=O) groups excluding carboxylic acids is 3. The predicted octanol–water partition coefficient (Wildman–Crippen LogP) is -1.19. The van der Waals surface area contributed by atoms with Crippen molar-refractivity contribution in [1.29, 1.82) is 0 Å². The number of aryl methyl sites for hydroxylation is 1. The number of carbonyl (C=O) groups is 3. The molecule has 12 heteroatoms. The molecule has 3 aliphatic rings. The number of ether oxygens (including phenoxy) is 2. The van der Waals surface area contributed by atoms with Crippen LogP contribution in [0.25, 0.3) is 6.08 Å². The van der Waals surface area contributed by atoms with Gasteiger partial charge < -0.3 is 19.3 Å². The molecule has 2 fully saturated rings. The highest BCUT2D eigenvalue weighted by Crippen LogP contribution is 2.17. The number of hydrogen-bond acceptors (Lipinski definition) is 7. The standard InChI is InChI=1S/C21H26N6O6/c1-24-18(28)14(16(22-24)20(30)26-6-10-32-11-7-26)4-3-5-15-17(23-25(2)19(15)29)21(31)27-8-12-33-13-9-27/h3-5,22H,6-13H2,1-2H3. The number of likely N-dealkylation sites (N-methyl/N-ethyl adjacent to an activating group) is 1. The lowest BCUT2D eigenvalue weighted by Crippen LogP contribution is -2.44. The van der Waals surface area contributed by atoms with Gasteiger partial charge in [0.25, 0.3) is 23.3 Å². The van der Waals surface area contributed by atoms with E-state index in [4.69, 9.17) is 9.47 Å². The van der Waals surface area contributed by atoms with E-state index < -0.39 is 5.91 Å². The van der Waals surface area contributed by atoms with Gasteiger partial charge in [-0.2, -0.15) is 5.10 Å². The van der Waals surface area contributed by atoms with Gasteiger partial charge >= 0.3 is 0 Å². The molecule has 3 aliphatic heterocycles. The Kier molecular flexibility index (Phi) is 6.56. The lowest BCUT2D eigenvalue weighted by molar-refractivity contribution is -0.128. The Labute approximate surface area is 189 Å². The van der Waals surface area contributed by atoms with Crippen LogP contribution in [0.2, 0.25) is 0 Å². The molecule has 0 saturated carbocycles. The third-order valence-corrected chi connectivity index (χ3v) is 5.65. The maximum absolute atomic E-state index is 12.9. The fourth-order valence-corrected chi connectivity index (χ4v) is 3.80. The summed E-state index contributed by atoms with van der Waals surface area (Å²) >= 11 is 0. The number of hydrazone groups is 1. The summed E-state index contributed by atoms with van der Waals surface area (Å²) in [5.41, 5.74) is 0.114. The summed E-state index contributed by atoms with van der Waals surface area (Å²) in [6.07, 6.45) is 4.38. The third kappa shape index (κ3) is 4.52. The Balaban J connectivity index is 1.59. The van der Waals surface area contributed by atoms with Crippen LogP contribution in [0.5, 0.6) is 0 Å². The van der Waals surface area contributed by atoms with E-state index in [0.717, 1.165) is 5.01 Å². The van der Waals surface area contributed by atoms with Crippen LogP contribution < -0.4 is 5.56 Å². The summed E-state index contributed by atoms with van der Waals surface area (Å²) in [6, 6.07) is 0. The van der Waals surface area contributed by atoms with Crippen LogP contribution in [0.4, 0.5) is 0 Å². The van der Waals surface area contributed by atoms with Crippen LogP contribution in [0.3, 0.4) is 0 Å². The molecule has 4 rings (SSSR count). The second-order valence-corrected chi connectivity index (χ2v) is 7.79. The molecule has 1 aromatic rings. The van der Waals surface area contributed by atoms with E-state index >= 15 is 0 Å². The van der Waals surface area contributed by atoms with Gasteiger partial charge in [0, 0.05) is 40.3 Å². The first-order valence-electron chi connectivity index (χ1n) is 10.7. The van der Waals surface area contributed by atoms with Gasteiger partial charge in [-0.25, -0.2) is 5.01 Å². The highest BCUT2D eigenvalue weighted by atomic mass is 16.5. The number of morpholine rings is 2. The highest BCUT2D eigenvalue weighted by Gasteiger charge is 2.34. The second kappa shape index (κ2) is 9.55. The zero-order valence-electron chi connectivity index (χ0n) is 18.6. The van der Waals surface area contributed by atoms with Crippen molar-refractivity contribution in [3.05, 3.63) is 39.3 Å². The van der Waals surface area contributed by atoms with Gasteiger partial charge in [-0.3, -0.25) is 29.0 Å². The van der Waals surface area contributed by atoms with Crippen molar-refractivity contribution < 1.29 is 23.9 Å². The first-order valence-corrected chi connectivity index (χ1v) is 10.7. The van der Waals surface area contributed by atoms with Crippen molar-refractivity contribution in [1.82, 2.24) is 24.6 Å². The normalized spacial score (nSPS) is 20.8. The number of nitrogens with one attached hydrogen (secondary N) is 1. The monoisotopic (exact) mass is 458 g/mol. The molecule has 0 spiro atoms. The molecule has 0 bridgehead atoms. The molecule has 0 aliphatic carbocycles. The molecule has 12 nitrogen and oxygen atoms in total. The van der Waals surface area contributed by atoms with Crippen LogP contribution in [-0.2, 0) is 26.1 Å². The molecule has 0 unspecified atom stereocenters. The zero-order chi connectivity index (χ0) is 23.5. The van der Waals surface area contributed by atoms with E-state index in [1.54, 1.807) is 9.80 Å². The van der Waals surface area contributed by atoms with Crippen molar-refractivity contribution in [3.8, 4) is 0 Å². The Morgan fingerprint density at radius 3 is 2.12 bits per heavy atom. The number of amides is 3. The van der Waals surface area contributed by atoms with E-state index in [1.165, 1.54) is 37.0 Å². The highest BCUT2D eigenvalue weighted by molar-refractivity contribution is 6.52. The van der Waals surface area contributed by atoms with E-state index in [2.05, 4.69) is 10.2 Å². The van der Waals surface area contributed by atoms with Gasteiger partial charge in [0.1, 0.15) is 5.69 Å². The number of aromatic amines is 1. The minimum absolute atomic E-state index is 0.0423. The fourth-order valence-electron chi connectivity index (χ4n) is 3.80. The molecule has 33 heavy (non-hydrogen) atoms. The molecule has 2 saturated heterocycles. The number of rotatable bonds is 4. The van der Waals surface area contributed by atoms with Crippen LogP contribution >= 0.6 is 0 Å². The van der Waals surface area contributed by atoms with E-state index in [0.29, 0.717) is 52.6 Å². The molecule has 0 atom stereocenters. The first-order chi connectivity index (χ1) is 15.9. The summed E-state index contributed by atoms with van der Waals surface area (Å²) in [6.45, 7) is 3.46. The maximum Gasteiger partial charge on any atom is 0.276 e. The van der Waals surface area contributed by atoms with Gasteiger partial charge in [-0.15, -0.1) is 0 Å². The Bertz CT molecular complexity index is 1100. The van der Waals surface area contributed by atoms with Gasteiger partial charge in [-0.05, 0) is 12.2 Å². The molecule has 1 N–H and O–H groups in total. The maximum atomic E-state index is 12.9. The number of allylic oxidation sites excluding steroid dienone is 2. The van der Waals surface area contributed by atoms with Crippen molar-refractivity contribution in [2.45, 2.75) is 0 Å². The summed E-state index contributed by atoms with van der Waals surface area (Å²) < 4.78 is 11.8. The summed E-state index contributed by atoms with van der Waals surface area (Å²) in [4.78, 5) is 54.2. The summed E-state index contributed by atoms with van der Waals surface area (Å²) in [7, 11) is 3.00. The van der Waals surface area contributed by atoms with E-state index in [1.807, 2.05) is 0 Å². The number of nitrogens with zero attached hydrogens (tertiary/aromatic N) is 5. The zero-order valence-corrected chi connectivity index (χ0v) is 18.6. The van der Waals surface area contributed by atoms with E-state index in [-0.39, 0.29) is 39.9 Å². The number of hydrogen-bond donors (Lipinski definition) is 1. The van der Waals surface area contributed by atoms with Crippen LogP contribution in [-0.4, -0.2) is 108 Å². The fraction of sp³-hybridized carbons (Fsp3) is 0.476. The minimum Gasteiger partial charge on any atom is -0.378 e. The Hall–Kier alpha value is -3.51. The lowest BCUT2D eigenvalue weighted by Gasteiger charge is -2.26. The van der Waals surface area contributed by atoms with Crippen molar-refractivity contribution in [2.75, 3.05) is 59.7 Å². The third-order valence-electron chi connectivity index (χ3n) is 5.65. The lowest BCUT2D eigenvalue weighted by atomic mass is 10.1. The van der Waals surface area contributed by atoms with Crippen LogP contribution in [0.15, 0.2) is 27.6 Å². The Morgan fingerprint density at radius 1 is 0.939 bits per heavy atom. The molecule has 4 heterocycles. The quantitative estimate of drug-likeness (QED) is 0.565. The Morgan fingerprint density at radius 2 is 1.52 bits per heavy atom. The van der Waals surface area contributed by atoms with Crippen LogP contribution in [0.1, 0.15) is 16.1 Å². The van der Waals surface area contributed by atoms with Gasteiger partial charge in [0.15, 0.2) is 5.71 Å². The smallest absolute Gasteiger partial charge is 0.276 e. The van der Waals surface area contributed by atoms with Crippen LogP contribution in [0, 0.1) is 0 Å². The van der Waals surface area contributed by atoms with Gasteiger partial charge in [0.05, 0.1) is 37.6 Å². The second-order valence-electron chi connectivity index (χ2n) is 7.79. The summed E-state index contributed by atoms with van der Waals surface area (Å²) in [5.74, 6) is -1.08. The van der Waals surface area contributed by atoms with Crippen molar-refractivity contribution in [3.63, 3.8) is 0 Å². The van der Waals surface area contributed by atoms with Crippen molar-refractivity contribution in [2.24, 2.45) is 12.1 Å². The van der Waals surface area contributed by atoms with Gasteiger partial charge in [-0.1, -0.05) is 6.08 Å². The molecule has 176 valence electrons. The number of aromatic nitrogens is 2. The molecular formula is C21H26N6O6. The summed E-state index contributed by atoms with van der Waals surface area (Å²) in [5, 5.41) is 8.01. The average Bonchev–Trinajstić information content (AvgIpc) is 3.29. The van der Waals surface area contributed by atoms with Crippen molar-refractivity contribution >= 4 is 29.5 Å². The van der Waals surface area contributed by atoms with Gasteiger partial charge in [0.2, 0.25) is 0 Å². The topological polar surface area (TPSA) is 130 Å². The van der Waals surface area contributed by atoms with E-state index in [9.17, 15) is 19.2 Å².